The molecule has 0 heterocycles. The van der Waals surface area contributed by atoms with E-state index in [4.69, 9.17) is 11.6 Å². The van der Waals surface area contributed by atoms with Crippen molar-refractivity contribution in [2.75, 3.05) is 11.9 Å². The van der Waals surface area contributed by atoms with Crippen LogP contribution in [-0.4, -0.2) is 23.8 Å². The molecule has 0 spiro atoms. The topological polar surface area (TPSA) is 73.7 Å². The Hall–Kier alpha value is -2.05. The van der Waals surface area contributed by atoms with Crippen molar-refractivity contribution >= 4 is 45.3 Å². The van der Waals surface area contributed by atoms with Crippen LogP contribution in [0.2, 0.25) is 5.02 Å². The molecule has 23 heavy (non-hydrogen) atoms. The average Bonchev–Trinajstić information content (AvgIpc) is 2.52. The fraction of sp³-hybridized carbons (Fsp3) is 0.125. The van der Waals surface area contributed by atoms with Crippen molar-refractivity contribution in [2.45, 2.75) is 6.92 Å². The second-order valence-electron chi connectivity index (χ2n) is 4.76. The Bertz CT molecular complexity index is 750. The Morgan fingerprint density at radius 3 is 2.96 bits per heavy atom. The molecule has 0 saturated heterocycles. The third-order valence-corrected chi connectivity index (χ3v) is 3.99. The number of hydrazone groups is 1. The van der Waals surface area contributed by atoms with E-state index in [0.717, 1.165) is 15.7 Å². The van der Waals surface area contributed by atoms with Gasteiger partial charge in [0.2, 0.25) is 0 Å². The van der Waals surface area contributed by atoms with E-state index in [-0.39, 0.29) is 18.2 Å². The highest BCUT2D eigenvalue weighted by Crippen LogP contribution is 2.22. The van der Waals surface area contributed by atoms with Gasteiger partial charge < -0.3 is 10.4 Å². The van der Waals surface area contributed by atoms with E-state index in [1.807, 2.05) is 19.1 Å². The Kier molecular flexibility index (Phi) is 6.01. The Morgan fingerprint density at radius 2 is 2.17 bits per heavy atom. The van der Waals surface area contributed by atoms with Crippen LogP contribution in [0.3, 0.4) is 0 Å². The zero-order chi connectivity index (χ0) is 16.8. The van der Waals surface area contributed by atoms with Crippen LogP contribution < -0.4 is 10.7 Å². The van der Waals surface area contributed by atoms with E-state index < -0.39 is 0 Å². The zero-order valence-electron chi connectivity index (χ0n) is 12.3. The van der Waals surface area contributed by atoms with Crippen molar-refractivity contribution in [1.29, 1.82) is 0 Å². The van der Waals surface area contributed by atoms with E-state index in [1.165, 1.54) is 12.3 Å². The van der Waals surface area contributed by atoms with Crippen LogP contribution in [0.1, 0.15) is 11.1 Å². The standard InChI is InChI=1S/C16H15BrClN3O2/c1-10-13(18)3-2-4-14(10)19-9-16(23)21-20-8-11-7-12(17)5-6-15(11)22/h2-8,19,22H,9H2,1H3,(H,21,23)/b20-8+. The minimum atomic E-state index is -0.310. The fourth-order valence-corrected chi connectivity index (χ4v) is 2.37. The number of hydrogen-bond donors (Lipinski definition) is 3. The molecular formula is C16H15BrClN3O2. The summed E-state index contributed by atoms with van der Waals surface area (Å²) in [4.78, 5) is 11.8. The van der Waals surface area contributed by atoms with Gasteiger partial charge >= 0.3 is 0 Å². The van der Waals surface area contributed by atoms with Crippen LogP contribution in [0.4, 0.5) is 5.69 Å². The van der Waals surface area contributed by atoms with Gasteiger partial charge in [-0.1, -0.05) is 33.6 Å². The van der Waals surface area contributed by atoms with Gasteiger partial charge in [-0.25, -0.2) is 5.43 Å². The average molecular weight is 397 g/mol. The number of amides is 1. The van der Waals surface area contributed by atoms with Crippen LogP contribution in [-0.2, 0) is 4.79 Å². The number of carbonyl (C=O) groups is 1. The number of phenols is 1. The molecule has 2 rings (SSSR count). The lowest BCUT2D eigenvalue weighted by molar-refractivity contribution is -0.119. The Labute approximate surface area is 147 Å². The van der Waals surface area contributed by atoms with Crippen molar-refractivity contribution in [3.63, 3.8) is 0 Å². The number of carbonyl (C=O) groups excluding carboxylic acids is 1. The molecule has 0 fully saturated rings. The van der Waals surface area contributed by atoms with E-state index in [1.54, 1.807) is 18.2 Å². The lowest BCUT2D eigenvalue weighted by Gasteiger charge is -2.09. The molecule has 0 saturated carbocycles. The summed E-state index contributed by atoms with van der Waals surface area (Å²) < 4.78 is 0.807. The maximum atomic E-state index is 11.8. The molecule has 0 aromatic heterocycles. The van der Waals surface area contributed by atoms with Crippen LogP contribution in [0, 0.1) is 6.92 Å². The molecule has 0 unspecified atom stereocenters. The predicted molar refractivity (Wildman–Crippen MR) is 96.2 cm³/mol. The molecule has 2 aromatic rings. The predicted octanol–water partition coefficient (Wildman–Crippen LogP) is 3.68. The molecule has 0 aliphatic heterocycles. The summed E-state index contributed by atoms with van der Waals surface area (Å²) in [5.74, 6) is -0.228. The monoisotopic (exact) mass is 395 g/mol. The van der Waals surface area contributed by atoms with E-state index in [0.29, 0.717) is 10.6 Å². The number of benzene rings is 2. The number of nitrogens with zero attached hydrogens (tertiary/aromatic N) is 1. The number of phenolic OH excluding ortho intramolecular Hbond substituents is 1. The first-order valence-electron chi connectivity index (χ1n) is 6.77. The number of halogens is 2. The Balaban J connectivity index is 1.89. The molecule has 2 aromatic carbocycles. The molecule has 1 amide bonds. The van der Waals surface area contributed by atoms with Crippen molar-refractivity contribution in [2.24, 2.45) is 5.10 Å². The van der Waals surface area contributed by atoms with Gasteiger partial charge in [0.05, 0.1) is 12.8 Å². The van der Waals surface area contributed by atoms with Crippen molar-refractivity contribution in [3.05, 3.63) is 57.0 Å². The first-order chi connectivity index (χ1) is 11.0. The maximum Gasteiger partial charge on any atom is 0.259 e. The third kappa shape index (κ3) is 4.97. The smallest absolute Gasteiger partial charge is 0.259 e. The highest BCUT2D eigenvalue weighted by Gasteiger charge is 2.04. The molecule has 3 N–H and O–H groups in total. The van der Waals surface area contributed by atoms with Gasteiger partial charge in [-0.05, 0) is 42.8 Å². The van der Waals surface area contributed by atoms with E-state index in [2.05, 4.69) is 31.8 Å². The van der Waals surface area contributed by atoms with Gasteiger partial charge in [-0.2, -0.15) is 5.10 Å². The van der Waals surface area contributed by atoms with Crippen molar-refractivity contribution in [3.8, 4) is 5.75 Å². The van der Waals surface area contributed by atoms with Crippen LogP contribution >= 0.6 is 27.5 Å². The minimum Gasteiger partial charge on any atom is -0.507 e. The number of aromatic hydroxyl groups is 1. The van der Waals surface area contributed by atoms with E-state index in [9.17, 15) is 9.90 Å². The first kappa shape index (κ1) is 17.3. The summed E-state index contributed by atoms with van der Waals surface area (Å²) in [5, 5.41) is 17.1. The van der Waals surface area contributed by atoms with Crippen LogP contribution in [0.15, 0.2) is 46.0 Å². The maximum absolute atomic E-state index is 11.8. The van der Waals surface area contributed by atoms with Crippen molar-refractivity contribution < 1.29 is 9.90 Å². The number of anilines is 1. The van der Waals surface area contributed by atoms with Gasteiger partial charge in [-0.15, -0.1) is 0 Å². The number of rotatable bonds is 5. The fourth-order valence-electron chi connectivity index (χ4n) is 1.82. The molecule has 0 atom stereocenters. The zero-order valence-corrected chi connectivity index (χ0v) is 14.6. The third-order valence-electron chi connectivity index (χ3n) is 3.09. The second-order valence-corrected chi connectivity index (χ2v) is 6.09. The highest BCUT2D eigenvalue weighted by molar-refractivity contribution is 9.10. The molecule has 5 nitrogen and oxygen atoms in total. The lowest BCUT2D eigenvalue weighted by atomic mass is 10.2. The molecule has 0 aliphatic rings. The summed E-state index contributed by atoms with van der Waals surface area (Å²) in [6, 6.07) is 10.4. The van der Waals surface area contributed by atoms with Gasteiger partial charge in [0.15, 0.2) is 0 Å². The van der Waals surface area contributed by atoms with Gasteiger partial charge in [-0.3, -0.25) is 4.79 Å². The SMILES string of the molecule is Cc1c(Cl)cccc1NCC(=O)N/N=C/c1cc(Br)ccc1O. The summed E-state index contributed by atoms with van der Waals surface area (Å²) >= 11 is 9.32. The van der Waals surface area contributed by atoms with Crippen molar-refractivity contribution in [1.82, 2.24) is 5.43 Å². The van der Waals surface area contributed by atoms with E-state index >= 15 is 0 Å². The Morgan fingerprint density at radius 1 is 1.39 bits per heavy atom. The first-order valence-corrected chi connectivity index (χ1v) is 7.94. The molecule has 0 bridgehead atoms. The molecule has 120 valence electrons. The summed E-state index contributed by atoms with van der Waals surface area (Å²) in [7, 11) is 0. The largest absolute Gasteiger partial charge is 0.507 e. The molecular weight excluding hydrogens is 382 g/mol. The number of hydrogen-bond acceptors (Lipinski definition) is 4. The number of nitrogens with one attached hydrogen (secondary N) is 2. The summed E-state index contributed by atoms with van der Waals surface area (Å²) in [6.07, 6.45) is 1.38. The lowest BCUT2D eigenvalue weighted by Crippen LogP contribution is -2.26. The molecule has 0 aliphatic carbocycles. The quantitative estimate of drug-likeness (QED) is 0.533. The van der Waals surface area contributed by atoms with Gasteiger partial charge in [0.1, 0.15) is 5.75 Å². The van der Waals surface area contributed by atoms with Crippen LogP contribution in [0.25, 0.3) is 0 Å². The van der Waals surface area contributed by atoms with Gasteiger partial charge in [0.25, 0.3) is 5.91 Å². The minimum absolute atomic E-state index is 0.0585. The van der Waals surface area contributed by atoms with Crippen LogP contribution in [0.5, 0.6) is 5.75 Å². The molecule has 0 radical (unpaired) electrons. The van der Waals surface area contributed by atoms with Gasteiger partial charge in [0, 0.05) is 20.7 Å². The normalized spacial score (nSPS) is 10.7. The highest BCUT2D eigenvalue weighted by atomic mass is 79.9. The second kappa shape index (κ2) is 7.99. The summed E-state index contributed by atoms with van der Waals surface area (Å²) in [5.41, 5.74) is 4.56. The summed E-state index contributed by atoms with van der Waals surface area (Å²) in [6.45, 7) is 1.93. The molecule has 7 heteroatoms.